The summed E-state index contributed by atoms with van der Waals surface area (Å²) in [6.45, 7) is -0.812. The number of nitro benzene ring substituents is 1. The highest BCUT2D eigenvalue weighted by molar-refractivity contribution is 5.56. The molecule has 1 aromatic carbocycles. The van der Waals surface area contributed by atoms with Gasteiger partial charge in [0.05, 0.1) is 31.4 Å². The zero-order valence-electron chi connectivity index (χ0n) is 10.4. The summed E-state index contributed by atoms with van der Waals surface area (Å²) in [5.41, 5.74) is -0.626. The molecule has 4 N–H and O–H groups in total. The van der Waals surface area contributed by atoms with Crippen molar-refractivity contribution in [1.29, 1.82) is 0 Å². The van der Waals surface area contributed by atoms with Crippen LogP contribution < -0.4 is 0 Å². The summed E-state index contributed by atoms with van der Waals surface area (Å²) in [5, 5.41) is 47.0. The second kappa shape index (κ2) is 7.60. The summed E-state index contributed by atoms with van der Waals surface area (Å²) in [7, 11) is 0. The summed E-state index contributed by atoms with van der Waals surface area (Å²) in [4.78, 5) is 9.88. The van der Waals surface area contributed by atoms with E-state index in [2.05, 4.69) is 0 Å². The number of rotatable bonds is 8. The van der Waals surface area contributed by atoms with Gasteiger partial charge in [0, 0.05) is 11.6 Å². The lowest BCUT2D eigenvalue weighted by molar-refractivity contribution is -0.386. The maximum atomic E-state index is 10.7. The predicted octanol–water partition coefficient (Wildman–Crippen LogP) is 0.0224. The number of aromatic hydroxyl groups is 2. The first kappa shape index (κ1) is 16.1. The largest absolute Gasteiger partial charge is 0.504 e. The van der Waals surface area contributed by atoms with E-state index in [0.29, 0.717) is 0 Å². The molecule has 20 heavy (non-hydrogen) atoms. The molecule has 0 heterocycles. The van der Waals surface area contributed by atoms with Gasteiger partial charge >= 0.3 is 5.69 Å². The molecular weight excluding hydrogens is 274 g/mol. The van der Waals surface area contributed by atoms with E-state index in [1.54, 1.807) is 0 Å². The van der Waals surface area contributed by atoms with Crippen LogP contribution in [0, 0.1) is 10.1 Å². The number of hydrogen-bond donors (Lipinski definition) is 4. The summed E-state index contributed by atoms with van der Waals surface area (Å²) < 4.78 is 10.2. The minimum atomic E-state index is -1.13. The molecule has 112 valence electrons. The molecule has 0 aliphatic rings. The lowest BCUT2D eigenvalue weighted by Crippen LogP contribution is -2.14. The second-order valence-electron chi connectivity index (χ2n) is 3.69. The standard InChI is InChI=1S/C11H15NO8/c13-1-3-19-11(20-4-2-14)7-5-8(12(17)18)10(16)9(15)6-7/h5-6,11,13-16H,1-4H2. The van der Waals surface area contributed by atoms with Crippen molar-refractivity contribution in [2.75, 3.05) is 26.4 Å². The lowest BCUT2D eigenvalue weighted by atomic mass is 10.1. The van der Waals surface area contributed by atoms with Gasteiger partial charge in [-0.05, 0) is 6.07 Å². The molecule has 1 rings (SSSR count). The molecule has 9 heteroatoms. The summed E-state index contributed by atoms with van der Waals surface area (Å²) in [6.07, 6.45) is -1.13. The minimum absolute atomic E-state index is 0.0777. The first-order valence-corrected chi connectivity index (χ1v) is 5.66. The van der Waals surface area contributed by atoms with Crippen molar-refractivity contribution >= 4 is 5.69 Å². The van der Waals surface area contributed by atoms with Gasteiger partial charge in [-0.3, -0.25) is 10.1 Å². The Morgan fingerprint density at radius 3 is 2.15 bits per heavy atom. The van der Waals surface area contributed by atoms with Crippen LogP contribution in [-0.4, -0.2) is 51.8 Å². The van der Waals surface area contributed by atoms with Gasteiger partial charge in [0.25, 0.3) is 0 Å². The fraction of sp³-hybridized carbons (Fsp3) is 0.455. The number of phenolic OH excluding ortho intramolecular Hbond substituents is 2. The molecule has 0 fully saturated rings. The smallest absolute Gasteiger partial charge is 0.315 e. The Kier molecular flexibility index (Phi) is 6.12. The molecule has 0 amide bonds. The Bertz CT molecular complexity index is 456. The molecule has 0 aliphatic heterocycles. The third kappa shape index (κ3) is 4.03. The summed E-state index contributed by atoms with van der Waals surface area (Å²) >= 11 is 0. The Labute approximate surface area is 113 Å². The van der Waals surface area contributed by atoms with Crippen LogP contribution in [-0.2, 0) is 9.47 Å². The van der Waals surface area contributed by atoms with Crippen LogP contribution in [0.15, 0.2) is 12.1 Å². The molecule has 9 nitrogen and oxygen atoms in total. The van der Waals surface area contributed by atoms with E-state index in [1.807, 2.05) is 0 Å². The van der Waals surface area contributed by atoms with E-state index in [-0.39, 0.29) is 32.0 Å². The SMILES string of the molecule is O=[N+]([O-])c1cc(C(OCCO)OCCO)cc(O)c1O. The van der Waals surface area contributed by atoms with E-state index < -0.39 is 28.4 Å². The highest BCUT2D eigenvalue weighted by Crippen LogP contribution is 2.38. The van der Waals surface area contributed by atoms with Gasteiger partial charge in [-0.2, -0.15) is 0 Å². The van der Waals surface area contributed by atoms with Gasteiger partial charge in [-0.25, -0.2) is 0 Å². The zero-order chi connectivity index (χ0) is 15.1. The molecule has 0 atom stereocenters. The van der Waals surface area contributed by atoms with Crippen molar-refractivity contribution in [2.24, 2.45) is 0 Å². The number of aliphatic hydroxyl groups is 2. The van der Waals surface area contributed by atoms with Crippen molar-refractivity contribution in [3.63, 3.8) is 0 Å². The Hall–Kier alpha value is -1.94. The maximum absolute atomic E-state index is 10.7. The highest BCUT2D eigenvalue weighted by Gasteiger charge is 2.23. The molecule has 1 aromatic rings. The van der Waals surface area contributed by atoms with Crippen LogP contribution in [0.5, 0.6) is 11.5 Å². The van der Waals surface area contributed by atoms with Gasteiger partial charge in [-0.15, -0.1) is 0 Å². The number of phenols is 2. The summed E-state index contributed by atoms with van der Waals surface area (Å²) in [6, 6.07) is 2.02. The van der Waals surface area contributed by atoms with Crippen molar-refractivity contribution in [1.82, 2.24) is 0 Å². The first-order valence-electron chi connectivity index (χ1n) is 5.66. The Morgan fingerprint density at radius 1 is 1.15 bits per heavy atom. The summed E-state index contributed by atoms with van der Waals surface area (Å²) in [5.74, 6) is -1.55. The quantitative estimate of drug-likeness (QED) is 0.227. The molecule has 0 aromatic heterocycles. The number of ether oxygens (including phenoxy) is 2. The number of benzene rings is 1. The predicted molar refractivity (Wildman–Crippen MR) is 65.2 cm³/mol. The maximum Gasteiger partial charge on any atom is 0.315 e. The third-order valence-corrected chi connectivity index (χ3v) is 2.28. The van der Waals surface area contributed by atoms with E-state index in [9.17, 15) is 20.3 Å². The first-order chi connectivity index (χ1) is 9.51. The second-order valence-corrected chi connectivity index (χ2v) is 3.69. The molecule has 0 spiro atoms. The van der Waals surface area contributed by atoms with E-state index in [0.717, 1.165) is 12.1 Å². The minimum Gasteiger partial charge on any atom is -0.504 e. The normalized spacial score (nSPS) is 10.9. The molecule has 0 radical (unpaired) electrons. The van der Waals surface area contributed by atoms with Gasteiger partial charge in [0.2, 0.25) is 5.75 Å². The van der Waals surface area contributed by atoms with Crippen LogP contribution in [0.1, 0.15) is 11.9 Å². The lowest BCUT2D eigenvalue weighted by Gasteiger charge is -2.18. The zero-order valence-corrected chi connectivity index (χ0v) is 10.4. The molecule has 0 saturated carbocycles. The fourth-order valence-electron chi connectivity index (χ4n) is 1.46. The Balaban J connectivity index is 3.08. The van der Waals surface area contributed by atoms with Crippen LogP contribution in [0.4, 0.5) is 5.69 Å². The van der Waals surface area contributed by atoms with Crippen molar-refractivity contribution in [2.45, 2.75) is 6.29 Å². The number of nitrogens with zero attached hydrogens (tertiary/aromatic N) is 1. The van der Waals surface area contributed by atoms with Gasteiger partial charge in [0.1, 0.15) is 0 Å². The van der Waals surface area contributed by atoms with Crippen LogP contribution in [0.2, 0.25) is 0 Å². The van der Waals surface area contributed by atoms with Gasteiger partial charge < -0.3 is 29.9 Å². The van der Waals surface area contributed by atoms with Crippen LogP contribution >= 0.6 is 0 Å². The van der Waals surface area contributed by atoms with Crippen molar-refractivity contribution in [3.05, 3.63) is 27.8 Å². The highest BCUT2D eigenvalue weighted by atomic mass is 16.7. The van der Waals surface area contributed by atoms with Crippen molar-refractivity contribution < 1.29 is 34.8 Å². The third-order valence-electron chi connectivity index (χ3n) is 2.28. The molecule has 0 saturated heterocycles. The topological polar surface area (TPSA) is 143 Å². The van der Waals surface area contributed by atoms with Gasteiger partial charge in [0.15, 0.2) is 12.0 Å². The number of nitro groups is 1. The molecule has 0 unspecified atom stereocenters. The van der Waals surface area contributed by atoms with Crippen molar-refractivity contribution in [3.8, 4) is 11.5 Å². The fourth-order valence-corrected chi connectivity index (χ4v) is 1.46. The van der Waals surface area contributed by atoms with E-state index in [4.69, 9.17) is 19.7 Å². The van der Waals surface area contributed by atoms with E-state index in [1.165, 1.54) is 0 Å². The molecule has 0 bridgehead atoms. The molecular formula is C11H15NO8. The monoisotopic (exact) mass is 289 g/mol. The number of aliphatic hydroxyl groups excluding tert-OH is 2. The Morgan fingerprint density at radius 2 is 1.70 bits per heavy atom. The van der Waals surface area contributed by atoms with Gasteiger partial charge in [-0.1, -0.05) is 0 Å². The average Bonchev–Trinajstić information content (AvgIpc) is 2.41. The van der Waals surface area contributed by atoms with E-state index >= 15 is 0 Å². The molecule has 0 aliphatic carbocycles. The van der Waals surface area contributed by atoms with Crippen LogP contribution in [0.3, 0.4) is 0 Å². The number of hydrogen-bond acceptors (Lipinski definition) is 8. The average molecular weight is 289 g/mol. The van der Waals surface area contributed by atoms with Crippen LogP contribution in [0.25, 0.3) is 0 Å².